The summed E-state index contributed by atoms with van der Waals surface area (Å²) in [7, 11) is 2.78. The fourth-order valence-electron chi connectivity index (χ4n) is 2.14. The maximum absolute atomic E-state index is 11.9. The maximum atomic E-state index is 11.9. The molecule has 0 fully saturated rings. The van der Waals surface area contributed by atoms with Gasteiger partial charge in [-0.25, -0.2) is 4.79 Å². The Hall–Kier alpha value is -3.48. The van der Waals surface area contributed by atoms with E-state index in [0.29, 0.717) is 22.7 Å². The van der Waals surface area contributed by atoms with Crippen LogP contribution in [0.5, 0.6) is 5.75 Å². The van der Waals surface area contributed by atoms with Gasteiger partial charge in [0.25, 0.3) is 0 Å². The van der Waals surface area contributed by atoms with Gasteiger partial charge < -0.3 is 14.3 Å². The Morgan fingerprint density at radius 1 is 1.07 bits per heavy atom. The van der Waals surface area contributed by atoms with E-state index in [4.69, 9.17) is 14.3 Å². The number of ether oxygens (including phenoxy) is 2. The number of carbonyl (C=O) groups excluding carboxylic acids is 1. The van der Waals surface area contributed by atoms with Gasteiger partial charge in [-0.05, 0) is 42.3 Å². The van der Waals surface area contributed by atoms with Gasteiger partial charge in [-0.15, -0.1) is 10.2 Å². The van der Waals surface area contributed by atoms with Gasteiger partial charge in [-0.3, -0.25) is 0 Å². The molecule has 0 saturated carbocycles. The third kappa shape index (κ3) is 5.78. The molecule has 2 rings (SSSR count). The van der Waals surface area contributed by atoms with E-state index in [2.05, 4.69) is 15.4 Å². The second-order valence-electron chi connectivity index (χ2n) is 5.50. The highest BCUT2D eigenvalue weighted by atomic mass is 16.6. The summed E-state index contributed by atoms with van der Waals surface area (Å²) < 4.78 is 9.72. The molecule has 0 spiro atoms. The Bertz CT molecular complexity index is 874. The molecule has 0 heterocycles. The van der Waals surface area contributed by atoms with Crippen molar-refractivity contribution in [2.45, 2.75) is 13.8 Å². The number of carbonyl (C=O) groups is 1. The molecule has 0 saturated heterocycles. The number of hydrogen-bond acceptors (Lipinski definition) is 6. The van der Waals surface area contributed by atoms with Crippen molar-refractivity contribution in [1.82, 2.24) is 0 Å². The van der Waals surface area contributed by atoms with E-state index in [-0.39, 0.29) is 0 Å². The Morgan fingerprint density at radius 2 is 1.81 bits per heavy atom. The highest BCUT2D eigenvalue weighted by Crippen LogP contribution is 2.24. The standard InChI is InChI=1S/C20H21N3O4/c1-14-12-16(18(13-25-3)20(24)26-4)10-11-19(14)27-23-15(2)21-22-17-8-6-5-7-9-17/h5-13H,1-4H3. The molecule has 27 heavy (non-hydrogen) atoms. The van der Waals surface area contributed by atoms with Gasteiger partial charge in [0.15, 0.2) is 11.6 Å². The fraction of sp³-hybridized carbons (Fsp3) is 0.200. The number of benzene rings is 2. The molecule has 140 valence electrons. The first kappa shape index (κ1) is 19.8. The zero-order valence-corrected chi connectivity index (χ0v) is 15.7. The zero-order valence-electron chi connectivity index (χ0n) is 15.7. The summed E-state index contributed by atoms with van der Waals surface area (Å²) in [4.78, 5) is 17.3. The van der Waals surface area contributed by atoms with Crippen molar-refractivity contribution in [3.05, 3.63) is 65.9 Å². The van der Waals surface area contributed by atoms with Crippen molar-refractivity contribution in [2.24, 2.45) is 15.4 Å². The smallest absolute Gasteiger partial charge is 0.341 e. The summed E-state index contributed by atoms with van der Waals surface area (Å²) in [6, 6.07) is 14.6. The summed E-state index contributed by atoms with van der Waals surface area (Å²) >= 11 is 0. The molecule has 0 aliphatic rings. The van der Waals surface area contributed by atoms with Crippen LogP contribution >= 0.6 is 0 Å². The first-order valence-corrected chi connectivity index (χ1v) is 8.16. The van der Waals surface area contributed by atoms with Gasteiger partial charge in [-0.1, -0.05) is 29.4 Å². The summed E-state index contributed by atoms with van der Waals surface area (Å²) in [5, 5.41) is 12.0. The van der Waals surface area contributed by atoms with E-state index in [1.807, 2.05) is 37.3 Å². The van der Waals surface area contributed by atoms with E-state index < -0.39 is 5.97 Å². The van der Waals surface area contributed by atoms with Gasteiger partial charge in [0.05, 0.1) is 26.2 Å². The third-order valence-corrected chi connectivity index (χ3v) is 3.47. The van der Waals surface area contributed by atoms with Crippen molar-refractivity contribution in [3.63, 3.8) is 0 Å². The predicted molar refractivity (Wildman–Crippen MR) is 103 cm³/mol. The Labute approximate surface area is 158 Å². The van der Waals surface area contributed by atoms with Gasteiger partial charge >= 0.3 is 5.97 Å². The lowest BCUT2D eigenvalue weighted by Crippen LogP contribution is -2.05. The monoisotopic (exact) mass is 367 g/mol. The second-order valence-corrected chi connectivity index (χ2v) is 5.50. The van der Waals surface area contributed by atoms with Crippen LogP contribution < -0.4 is 4.84 Å². The first-order chi connectivity index (χ1) is 13.0. The summed E-state index contributed by atoms with van der Waals surface area (Å²) in [6.45, 7) is 3.53. The van der Waals surface area contributed by atoms with E-state index in [1.54, 1.807) is 25.1 Å². The molecule has 0 bridgehead atoms. The van der Waals surface area contributed by atoms with Crippen molar-refractivity contribution >= 4 is 23.1 Å². The molecule has 7 heteroatoms. The van der Waals surface area contributed by atoms with Gasteiger partial charge in [0, 0.05) is 6.92 Å². The van der Waals surface area contributed by atoms with E-state index in [1.165, 1.54) is 20.5 Å². The van der Waals surface area contributed by atoms with Crippen LogP contribution in [0.1, 0.15) is 18.1 Å². The number of amidine groups is 1. The Balaban J connectivity index is 2.12. The van der Waals surface area contributed by atoms with Crippen molar-refractivity contribution < 1.29 is 19.1 Å². The highest BCUT2D eigenvalue weighted by molar-refractivity contribution is 6.16. The molecule has 0 N–H and O–H groups in total. The molecule has 0 atom stereocenters. The predicted octanol–water partition coefficient (Wildman–Crippen LogP) is 4.65. The van der Waals surface area contributed by atoms with E-state index >= 15 is 0 Å². The van der Waals surface area contributed by atoms with Crippen LogP contribution in [0.25, 0.3) is 5.57 Å². The van der Waals surface area contributed by atoms with Crippen LogP contribution in [0.4, 0.5) is 5.69 Å². The molecule has 2 aromatic carbocycles. The molecule has 0 aromatic heterocycles. The van der Waals surface area contributed by atoms with E-state index in [9.17, 15) is 4.79 Å². The molecule has 0 radical (unpaired) electrons. The third-order valence-electron chi connectivity index (χ3n) is 3.47. The van der Waals surface area contributed by atoms with Crippen molar-refractivity contribution in [1.29, 1.82) is 0 Å². The lowest BCUT2D eigenvalue weighted by molar-refractivity contribution is -0.133. The minimum absolute atomic E-state index is 0.311. The molecule has 0 aliphatic carbocycles. The second kappa shape index (κ2) is 9.86. The lowest BCUT2D eigenvalue weighted by Gasteiger charge is -2.09. The van der Waals surface area contributed by atoms with Crippen LogP contribution in [-0.4, -0.2) is 26.0 Å². The summed E-state index contributed by atoms with van der Waals surface area (Å²) in [5.41, 5.74) is 2.48. The molecular formula is C20H21N3O4. The van der Waals surface area contributed by atoms with Crippen molar-refractivity contribution in [3.8, 4) is 5.75 Å². The summed E-state index contributed by atoms with van der Waals surface area (Å²) in [5.74, 6) is 0.423. The lowest BCUT2D eigenvalue weighted by atomic mass is 10.0. The molecule has 2 aromatic rings. The van der Waals surface area contributed by atoms with Crippen LogP contribution in [-0.2, 0) is 14.3 Å². The molecular weight excluding hydrogens is 346 g/mol. The quantitative estimate of drug-likeness (QED) is 0.141. The zero-order chi connectivity index (χ0) is 19.6. The number of rotatable bonds is 6. The minimum atomic E-state index is -0.486. The normalized spacial score (nSPS) is 12.1. The van der Waals surface area contributed by atoms with Crippen LogP contribution in [0, 0.1) is 6.92 Å². The average molecular weight is 367 g/mol. The topological polar surface area (TPSA) is 81.8 Å². The summed E-state index contributed by atoms with van der Waals surface area (Å²) in [6.07, 6.45) is 1.34. The van der Waals surface area contributed by atoms with Gasteiger partial charge in [0.1, 0.15) is 5.57 Å². The van der Waals surface area contributed by atoms with Gasteiger partial charge in [-0.2, -0.15) is 0 Å². The van der Waals surface area contributed by atoms with Crippen LogP contribution in [0.15, 0.2) is 70.2 Å². The molecule has 0 unspecified atom stereocenters. The van der Waals surface area contributed by atoms with Crippen molar-refractivity contribution in [2.75, 3.05) is 14.2 Å². The average Bonchev–Trinajstić information content (AvgIpc) is 2.69. The number of oxime groups is 1. The number of aryl methyl sites for hydroxylation is 1. The number of azo groups is 1. The molecule has 0 amide bonds. The number of methoxy groups -OCH3 is 2. The minimum Gasteiger partial charge on any atom is -0.503 e. The number of esters is 1. The highest BCUT2D eigenvalue weighted by Gasteiger charge is 2.14. The van der Waals surface area contributed by atoms with Crippen LogP contribution in [0.3, 0.4) is 0 Å². The number of nitrogens with zero attached hydrogens (tertiary/aromatic N) is 3. The Kier molecular flexibility index (Phi) is 7.25. The Morgan fingerprint density at radius 3 is 2.44 bits per heavy atom. The SMILES string of the molecule is COC=C(C(=O)OC)c1ccc(ON=C(C)N=Nc2ccccc2)c(C)c1. The molecule has 0 aliphatic heterocycles. The van der Waals surface area contributed by atoms with Gasteiger partial charge in [0.2, 0.25) is 0 Å². The fourth-order valence-corrected chi connectivity index (χ4v) is 2.14. The van der Waals surface area contributed by atoms with Crippen LogP contribution in [0.2, 0.25) is 0 Å². The molecule has 7 nitrogen and oxygen atoms in total. The van der Waals surface area contributed by atoms with E-state index in [0.717, 1.165) is 11.3 Å². The largest absolute Gasteiger partial charge is 0.503 e. The first-order valence-electron chi connectivity index (χ1n) is 8.16. The number of hydrogen-bond donors (Lipinski definition) is 0. The maximum Gasteiger partial charge on any atom is 0.341 e.